The molecule has 0 fully saturated rings. The van der Waals surface area contributed by atoms with Gasteiger partial charge in [0.25, 0.3) is 5.56 Å². The number of nitrogens with zero attached hydrogens (tertiary/aromatic N) is 2. The summed E-state index contributed by atoms with van der Waals surface area (Å²) >= 11 is 8.48. The van der Waals surface area contributed by atoms with Crippen molar-refractivity contribution in [1.29, 1.82) is 0 Å². The van der Waals surface area contributed by atoms with Crippen LogP contribution in [0, 0.1) is 5.82 Å². The third-order valence-electron chi connectivity index (χ3n) is 4.30. The number of hydrogen-bond acceptors (Lipinski definition) is 5. The largest absolute Gasteiger partial charge is 0.324 e. The van der Waals surface area contributed by atoms with Crippen molar-refractivity contribution in [2.45, 2.75) is 11.7 Å². The van der Waals surface area contributed by atoms with Crippen molar-refractivity contribution in [3.63, 3.8) is 0 Å². The first-order valence-electron chi connectivity index (χ1n) is 8.91. The van der Waals surface area contributed by atoms with Crippen molar-refractivity contribution in [2.24, 2.45) is 0 Å². The van der Waals surface area contributed by atoms with Crippen LogP contribution in [0.25, 0.3) is 10.2 Å². The molecular formula is C21H15ClFN3O2S2. The molecule has 0 bridgehead atoms. The lowest BCUT2D eigenvalue weighted by Crippen LogP contribution is -2.24. The van der Waals surface area contributed by atoms with Gasteiger partial charge in [0.05, 0.1) is 28.5 Å². The number of thiophene rings is 1. The molecule has 0 saturated carbocycles. The molecule has 0 atom stereocenters. The fourth-order valence-electron chi connectivity index (χ4n) is 2.85. The first kappa shape index (κ1) is 20.6. The number of carbonyl (C=O) groups excluding carboxylic acids is 1. The number of thioether (sulfide) groups is 1. The van der Waals surface area contributed by atoms with E-state index < -0.39 is 5.82 Å². The van der Waals surface area contributed by atoms with Crippen molar-refractivity contribution in [2.75, 3.05) is 11.1 Å². The fraction of sp³-hybridized carbons (Fsp3) is 0.0952. The monoisotopic (exact) mass is 459 g/mol. The van der Waals surface area contributed by atoms with E-state index in [4.69, 9.17) is 11.6 Å². The van der Waals surface area contributed by atoms with Crippen LogP contribution < -0.4 is 10.9 Å². The molecule has 1 N–H and O–H groups in total. The average molecular weight is 460 g/mol. The van der Waals surface area contributed by atoms with E-state index in [-0.39, 0.29) is 23.8 Å². The van der Waals surface area contributed by atoms with E-state index >= 15 is 0 Å². The molecule has 0 radical (unpaired) electrons. The Morgan fingerprint density at radius 2 is 1.93 bits per heavy atom. The second-order valence-corrected chi connectivity index (χ2v) is 8.59. The Hall–Kier alpha value is -2.68. The minimum Gasteiger partial charge on any atom is -0.324 e. The molecule has 0 spiro atoms. The first-order valence-corrected chi connectivity index (χ1v) is 11.2. The van der Waals surface area contributed by atoms with Crippen LogP contribution in [0.15, 0.2) is 69.9 Å². The summed E-state index contributed by atoms with van der Waals surface area (Å²) in [7, 11) is 0. The average Bonchev–Trinajstić information content (AvgIpc) is 3.21. The molecule has 0 unspecified atom stereocenters. The maximum Gasteiger partial charge on any atom is 0.272 e. The third-order valence-corrected chi connectivity index (χ3v) is 6.50. The molecular weight excluding hydrogens is 445 g/mol. The molecule has 4 aromatic rings. The summed E-state index contributed by atoms with van der Waals surface area (Å²) in [5.74, 6) is -0.668. The quantitative estimate of drug-likeness (QED) is 0.324. The van der Waals surface area contributed by atoms with Crippen molar-refractivity contribution < 1.29 is 9.18 Å². The molecule has 1 amide bonds. The number of carbonyl (C=O) groups is 1. The molecule has 152 valence electrons. The normalized spacial score (nSPS) is 11.0. The van der Waals surface area contributed by atoms with Crippen LogP contribution in [0.3, 0.4) is 0 Å². The number of amides is 1. The Morgan fingerprint density at radius 3 is 2.73 bits per heavy atom. The smallest absolute Gasteiger partial charge is 0.272 e. The number of para-hydroxylation sites is 1. The van der Waals surface area contributed by atoms with Gasteiger partial charge in [0.2, 0.25) is 5.91 Å². The zero-order valence-corrected chi connectivity index (χ0v) is 17.9. The van der Waals surface area contributed by atoms with E-state index in [9.17, 15) is 14.0 Å². The summed E-state index contributed by atoms with van der Waals surface area (Å²) in [6.45, 7) is 0.0286. The fourth-order valence-corrected chi connectivity index (χ4v) is 4.61. The minimum absolute atomic E-state index is 0.0184. The van der Waals surface area contributed by atoms with Gasteiger partial charge >= 0.3 is 0 Å². The Bertz CT molecular complexity index is 1290. The summed E-state index contributed by atoms with van der Waals surface area (Å²) in [5.41, 5.74) is 1.19. The van der Waals surface area contributed by atoms with Gasteiger partial charge in [-0.05, 0) is 29.6 Å². The number of benzene rings is 2. The third kappa shape index (κ3) is 4.40. The van der Waals surface area contributed by atoms with E-state index in [1.807, 2.05) is 0 Å². The highest BCUT2D eigenvalue weighted by atomic mass is 35.5. The lowest BCUT2D eigenvalue weighted by Gasteiger charge is -2.13. The van der Waals surface area contributed by atoms with E-state index in [1.165, 1.54) is 22.0 Å². The Kier molecular flexibility index (Phi) is 6.17. The first-order chi connectivity index (χ1) is 14.5. The van der Waals surface area contributed by atoms with Gasteiger partial charge in [-0.1, -0.05) is 53.7 Å². The molecule has 0 aliphatic rings. The molecule has 30 heavy (non-hydrogen) atoms. The molecule has 2 aromatic carbocycles. The van der Waals surface area contributed by atoms with Crippen molar-refractivity contribution in [1.82, 2.24) is 9.55 Å². The highest BCUT2D eigenvalue weighted by Gasteiger charge is 2.16. The standard InChI is InChI=1S/C21H15ClFN3O2S2/c22-14-6-2-4-8-16(14)24-18(27)12-30-21-25-17-9-10-29-19(17)20(28)26(21)11-13-5-1-3-7-15(13)23/h1-10H,11-12H2,(H,24,27). The van der Waals surface area contributed by atoms with E-state index in [0.717, 1.165) is 11.8 Å². The number of nitrogens with one attached hydrogen (secondary N) is 1. The molecule has 0 saturated heterocycles. The van der Waals surface area contributed by atoms with Crippen LogP contribution in [0.5, 0.6) is 0 Å². The Labute approximate surface area is 184 Å². The summed E-state index contributed by atoms with van der Waals surface area (Å²) in [6.07, 6.45) is 0. The van der Waals surface area contributed by atoms with Gasteiger partial charge in [0.1, 0.15) is 10.5 Å². The van der Waals surface area contributed by atoms with Crippen LogP contribution in [0.4, 0.5) is 10.1 Å². The summed E-state index contributed by atoms with van der Waals surface area (Å²) in [6, 6.07) is 15.0. The van der Waals surface area contributed by atoms with Crippen LogP contribution in [-0.2, 0) is 11.3 Å². The molecule has 2 aromatic heterocycles. The summed E-state index contributed by atoms with van der Waals surface area (Å²) in [5, 5.41) is 5.31. The number of anilines is 1. The number of halogens is 2. The van der Waals surface area contributed by atoms with Gasteiger partial charge in [-0.2, -0.15) is 0 Å². The highest BCUT2D eigenvalue weighted by molar-refractivity contribution is 7.99. The molecule has 2 heterocycles. The van der Waals surface area contributed by atoms with Gasteiger partial charge in [-0.3, -0.25) is 14.2 Å². The van der Waals surface area contributed by atoms with Crippen molar-refractivity contribution in [3.8, 4) is 0 Å². The predicted octanol–water partition coefficient (Wildman–Crippen LogP) is 5.03. The van der Waals surface area contributed by atoms with Crippen LogP contribution in [0.1, 0.15) is 5.56 Å². The van der Waals surface area contributed by atoms with Crippen molar-refractivity contribution in [3.05, 3.63) is 86.7 Å². The molecule has 5 nitrogen and oxygen atoms in total. The lowest BCUT2D eigenvalue weighted by molar-refractivity contribution is -0.113. The summed E-state index contributed by atoms with van der Waals surface area (Å²) in [4.78, 5) is 29.9. The zero-order valence-electron chi connectivity index (χ0n) is 15.5. The molecule has 0 aliphatic carbocycles. The zero-order chi connectivity index (χ0) is 21.1. The lowest BCUT2D eigenvalue weighted by atomic mass is 10.2. The Morgan fingerprint density at radius 1 is 1.17 bits per heavy atom. The second kappa shape index (κ2) is 8.99. The number of rotatable bonds is 6. The van der Waals surface area contributed by atoms with E-state index in [1.54, 1.807) is 53.9 Å². The predicted molar refractivity (Wildman–Crippen MR) is 120 cm³/mol. The van der Waals surface area contributed by atoms with Crippen LogP contribution in [0.2, 0.25) is 5.02 Å². The van der Waals surface area contributed by atoms with E-state index in [2.05, 4.69) is 10.3 Å². The SMILES string of the molecule is O=C(CSc1nc2ccsc2c(=O)n1Cc1ccccc1F)Nc1ccccc1Cl. The Balaban J connectivity index is 1.61. The second-order valence-electron chi connectivity index (χ2n) is 6.33. The van der Waals surface area contributed by atoms with Gasteiger partial charge in [-0.25, -0.2) is 9.37 Å². The van der Waals surface area contributed by atoms with E-state index in [0.29, 0.717) is 31.6 Å². The van der Waals surface area contributed by atoms with Crippen molar-refractivity contribution >= 4 is 56.5 Å². The van der Waals surface area contributed by atoms with Gasteiger partial charge in [0.15, 0.2) is 5.16 Å². The summed E-state index contributed by atoms with van der Waals surface area (Å²) < 4.78 is 16.1. The van der Waals surface area contributed by atoms with Gasteiger partial charge in [-0.15, -0.1) is 11.3 Å². The topological polar surface area (TPSA) is 64.0 Å². The minimum atomic E-state index is -0.400. The number of aromatic nitrogens is 2. The maximum atomic E-state index is 14.2. The van der Waals surface area contributed by atoms with Gasteiger partial charge < -0.3 is 5.32 Å². The van der Waals surface area contributed by atoms with Crippen LogP contribution >= 0.6 is 34.7 Å². The maximum absolute atomic E-state index is 14.2. The number of hydrogen-bond donors (Lipinski definition) is 1. The number of fused-ring (bicyclic) bond motifs is 1. The molecule has 4 rings (SSSR count). The molecule has 9 heteroatoms. The van der Waals surface area contributed by atoms with Gasteiger partial charge in [0, 0.05) is 5.56 Å². The van der Waals surface area contributed by atoms with Crippen LogP contribution in [-0.4, -0.2) is 21.2 Å². The molecule has 0 aliphatic heterocycles. The highest BCUT2D eigenvalue weighted by Crippen LogP contribution is 2.24.